The number of thioether (sulfide) groups is 1. The quantitative estimate of drug-likeness (QED) is 0.526. The fourth-order valence-electron chi connectivity index (χ4n) is 3.93. The van der Waals surface area contributed by atoms with Crippen LogP contribution in [0.5, 0.6) is 0 Å². The molecule has 162 valence electrons. The lowest BCUT2D eigenvalue weighted by atomic mass is 10.1. The van der Waals surface area contributed by atoms with E-state index in [4.69, 9.17) is 0 Å². The summed E-state index contributed by atoms with van der Waals surface area (Å²) < 4.78 is 28.9. The molecule has 0 bridgehead atoms. The minimum absolute atomic E-state index is 0.0889. The van der Waals surface area contributed by atoms with Gasteiger partial charge >= 0.3 is 0 Å². The molecule has 0 atom stereocenters. The van der Waals surface area contributed by atoms with Crippen LogP contribution in [0.25, 0.3) is 10.8 Å². The van der Waals surface area contributed by atoms with Crippen LogP contribution in [0.2, 0.25) is 0 Å². The van der Waals surface area contributed by atoms with Gasteiger partial charge in [0.25, 0.3) is 15.9 Å². The van der Waals surface area contributed by atoms with Crippen molar-refractivity contribution in [3.05, 3.63) is 66.2 Å². The molecule has 1 fully saturated rings. The Bertz CT molecular complexity index is 1200. The van der Waals surface area contributed by atoms with Crippen molar-refractivity contribution in [1.82, 2.24) is 4.90 Å². The SMILES string of the molecule is CSc1ccc(S(=O)(=O)Nc2ccc3ccccc3c2)cc1C(=O)N1CCCCCC1. The van der Waals surface area contributed by atoms with Crippen molar-refractivity contribution < 1.29 is 13.2 Å². The van der Waals surface area contributed by atoms with E-state index in [1.54, 1.807) is 18.2 Å². The highest BCUT2D eigenvalue weighted by Gasteiger charge is 2.23. The summed E-state index contributed by atoms with van der Waals surface area (Å²) in [4.78, 5) is 16.0. The Morgan fingerprint density at radius 3 is 2.32 bits per heavy atom. The lowest BCUT2D eigenvalue weighted by Crippen LogP contribution is -2.32. The van der Waals surface area contributed by atoms with Gasteiger partial charge in [-0.15, -0.1) is 11.8 Å². The highest BCUT2D eigenvalue weighted by atomic mass is 32.2. The highest BCUT2D eigenvalue weighted by molar-refractivity contribution is 7.98. The zero-order valence-corrected chi connectivity index (χ0v) is 19.1. The van der Waals surface area contributed by atoms with E-state index < -0.39 is 10.0 Å². The number of likely N-dealkylation sites (tertiary alicyclic amines) is 1. The van der Waals surface area contributed by atoms with Gasteiger partial charge in [0.1, 0.15) is 0 Å². The van der Waals surface area contributed by atoms with Crippen molar-refractivity contribution in [2.75, 3.05) is 24.1 Å². The first kappa shape index (κ1) is 21.7. The Morgan fingerprint density at radius 1 is 0.903 bits per heavy atom. The number of hydrogen-bond donors (Lipinski definition) is 1. The molecule has 0 saturated carbocycles. The number of carbonyl (C=O) groups excluding carboxylic acids is 1. The summed E-state index contributed by atoms with van der Waals surface area (Å²) >= 11 is 1.45. The number of sulfonamides is 1. The number of rotatable bonds is 5. The summed E-state index contributed by atoms with van der Waals surface area (Å²) in [6.07, 6.45) is 6.13. The van der Waals surface area contributed by atoms with Crippen LogP contribution in [0, 0.1) is 0 Å². The fraction of sp³-hybridized carbons (Fsp3) is 0.292. The molecular weight excluding hydrogens is 428 g/mol. The van der Waals surface area contributed by atoms with E-state index in [1.165, 1.54) is 17.8 Å². The van der Waals surface area contributed by atoms with Crippen molar-refractivity contribution in [2.24, 2.45) is 0 Å². The van der Waals surface area contributed by atoms with E-state index in [-0.39, 0.29) is 10.8 Å². The van der Waals surface area contributed by atoms with E-state index in [2.05, 4.69) is 4.72 Å². The van der Waals surface area contributed by atoms with Crippen molar-refractivity contribution in [1.29, 1.82) is 0 Å². The first-order valence-corrected chi connectivity index (χ1v) is 13.2. The Hall–Kier alpha value is -2.51. The zero-order valence-electron chi connectivity index (χ0n) is 17.5. The summed E-state index contributed by atoms with van der Waals surface area (Å²) in [5.41, 5.74) is 0.948. The van der Waals surface area contributed by atoms with E-state index >= 15 is 0 Å². The first-order chi connectivity index (χ1) is 15.0. The third-order valence-electron chi connectivity index (χ3n) is 5.61. The molecule has 1 aliphatic heterocycles. The molecule has 3 aromatic carbocycles. The zero-order chi connectivity index (χ0) is 21.8. The average molecular weight is 455 g/mol. The minimum atomic E-state index is -3.83. The average Bonchev–Trinajstić information content (AvgIpc) is 3.07. The minimum Gasteiger partial charge on any atom is -0.339 e. The van der Waals surface area contributed by atoms with Gasteiger partial charge in [0, 0.05) is 23.7 Å². The van der Waals surface area contributed by atoms with Gasteiger partial charge in [-0.3, -0.25) is 9.52 Å². The van der Waals surface area contributed by atoms with Gasteiger partial charge in [-0.05, 0) is 60.2 Å². The van der Waals surface area contributed by atoms with Crippen molar-refractivity contribution in [2.45, 2.75) is 35.5 Å². The van der Waals surface area contributed by atoms with Gasteiger partial charge in [0.2, 0.25) is 0 Å². The number of anilines is 1. The Labute approximate surface area is 187 Å². The molecule has 0 aromatic heterocycles. The molecule has 5 nitrogen and oxygen atoms in total. The molecular formula is C24H26N2O3S2. The molecule has 31 heavy (non-hydrogen) atoms. The topological polar surface area (TPSA) is 66.5 Å². The molecule has 1 aliphatic rings. The van der Waals surface area contributed by atoms with Crippen LogP contribution in [0.3, 0.4) is 0 Å². The third-order valence-corrected chi connectivity index (χ3v) is 7.78. The maximum Gasteiger partial charge on any atom is 0.261 e. The second-order valence-electron chi connectivity index (χ2n) is 7.74. The van der Waals surface area contributed by atoms with E-state index in [1.807, 2.05) is 47.6 Å². The molecule has 0 spiro atoms. The maximum absolute atomic E-state index is 13.2. The monoisotopic (exact) mass is 454 g/mol. The van der Waals surface area contributed by atoms with Crippen LogP contribution in [-0.4, -0.2) is 38.6 Å². The van der Waals surface area contributed by atoms with Gasteiger partial charge in [-0.2, -0.15) is 0 Å². The second kappa shape index (κ2) is 9.32. The predicted molar refractivity (Wildman–Crippen MR) is 127 cm³/mol. The Kier molecular flexibility index (Phi) is 6.53. The number of benzene rings is 3. The van der Waals surface area contributed by atoms with Gasteiger partial charge < -0.3 is 4.90 Å². The molecule has 1 saturated heterocycles. The molecule has 0 aliphatic carbocycles. The molecule has 7 heteroatoms. The lowest BCUT2D eigenvalue weighted by molar-refractivity contribution is 0.0758. The third kappa shape index (κ3) is 4.88. The molecule has 1 N–H and O–H groups in total. The van der Waals surface area contributed by atoms with Crippen LogP contribution in [0.15, 0.2) is 70.5 Å². The lowest BCUT2D eigenvalue weighted by Gasteiger charge is -2.22. The number of hydrogen-bond acceptors (Lipinski definition) is 4. The first-order valence-electron chi connectivity index (χ1n) is 10.5. The molecule has 3 aromatic rings. The van der Waals surface area contributed by atoms with Crippen LogP contribution >= 0.6 is 11.8 Å². The van der Waals surface area contributed by atoms with Crippen molar-refractivity contribution in [3.8, 4) is 0 Å². The Morgan fingerprint density at radius 2 is 1.61 bits per heavy atom. The number of nitrogens with one attached hydrogen (secondary N) is 1. The smallest absolute Gasteiger partial charge is 0.261 e. The van der Waals surface area contributed by atoms with Crippen molar-refractivity contribution in [3.63, 3.8) is 0 Å². The number of amides is 1. The van der Waals surface area contributed by atoms with E-state index in [0.717, 1.165) is 54.4 Å². The Balaban J connectivity index is 1.64. The molecule has 0 radical (unpaired) electrons. The predicted octanol–water partition coefficient (Wildman–Crippen LogP) is 5.38. The summed E-state index contributed by atoms with van der Waals surface area (Å²) in [5.74, 6) is -0.0889. The van der Waals surface area contributed by atoms with E-state index in [9.17, 15) is 13.2 Å². The van der Waals surface area contributed by atoms with Crippen LogP contribution < -0.4 is 4.72 Å². The van der Waals surface area contributed by atoms with Gasteiger partial charge in [-0.1, -0.05) is 43.2 Å². The standard InChI is InChI=1S/C24H26N2O3S2/c1-30-23-13-12-21(17-22(23)24(27)26-14-6-2-3-7-15-26)31(28,29)25-20-11-10-18-8-4-5-9-19(18)16-20/h4-5,8-13,16-17,25H,2-3,6-7,14-15H2,1H3. The number of carbonyl (C=O) groups is 1. The second-order valence-corrected chi connectivity index (χ2v) is 10.3. The molecule has 0 unspecified atom stereocenters. The number of nitrogens with zero attached hydrogens (tertiary/aromatic N) is 1. The summed E-state index contributed by atoms with van der Waals surface area (Å²) in [7, 11) is -3.83. The fourth-order valence-corrected chi connectivity index (χ4v) is 5.58. The molecule has 1 heterocycles. The molecule has 1 amide bonds. The normalized spacial score (nSPS) is 14.9. The molecule has 4 rings (SSSR count). The summed E-state index contributed by atoms with van der Waals surface area (Å²) in [5, 5.41) is 2.00. The summed E-state index contributed by atoms with van der Waals surface area (Å²) in [6, 6.07) is 18.0. The number of fused-ring (bicyclic) bond motifs is 1. The van der Waals surface area contributed by atoms with Crippen LogP contribution in [0.1, 0.15) is 36.0 Å². The van der Waals surface area contributed by atoms with Gasteiger partial charge in [0.05, 0.1) is 10.5 Å². The largest absolute Gasteiger partial charge is 0.339 e. The van der Waals surface area contributed by atoms with Crippen LogP contribution in [-0.2, 0) is 10.0 Å². The highest BCUT2D eigenvalue weighted by Crippen LogP contribution is 2.28. The van der Waals surface area contributed by atoms with E-state index in [0.29, 0.717) is 11.3 Å². The van der Waals surface area contributed by atoms with Crippen molar-refractivity contribution >= 4 is 44.2 Å². The van der Waals surface area contributed by atoms with Gasteiger partial charge in [-0.25, -0.2) is 8.42 Å². The maximum atomic E-state index is 13.2. The van der Waals surface area contributed by atoms with Crippen LogP contribution in [0.4, 0.5) is 5.69 Å². The van der Waals surface area contributed by atoms with Gasteiger partial charge in [0.15, 0.2) is 0 Å². The summed E-state index contributed by atoms with van der Waals surface area (Å²) in [6.45, 7) is 1.44.